The molecule has 0 aliphatic carbocycles. The normalized spacial score (nSPS) is 11.5. The second-order valence-corrected chi connectivity index (χ2v) is 5.42. The summed E-state index contributed by atoms with van der Waals surface area (Å²) < 4.78 is 42.6. The van der Waals surface area contributed by atoms with E-state index >= 15 is 0 Å². The van der Waals surface area contributed by atoms with Gasteiger partial charge in [-0.3, -0.25) is 4.79 Å². The Labute approximate surface area is 168 Å². The lowest BCUT2D eigenvalue weighted by atomic mass is 10.1. The Morgan fingerprint density at radius 1 is 1.19 bits per heavy atom. The van der Waals surface area contributed by atoms with Crippen LogP contribution in [0.4, 0.5) is 13.2 Å². The Hall–Kier alpha value is -1.56. The SMILES string of the molecule is COCCNC(=NCc1ccc(C(F)(F)F)cc1)NCC(=O)N(C)C.I. The summed E-state index contributed by atoms with van der Waals surface area (Å²) in [4.78, 5) is 17.3. The molecule has 0 spiro atoms. The zero-order valence-electron chi connectivity index (χ0n) is 14.9. The minimum absolute atomic E-state index is 0. The predicted molar refractivity (Wildman–Crippen MR) is 105 cm³/mol. The molecule has 0 aliphatic rings. The highest BCUT2D eigenvalue weighted by molar-refractivity contribution is 14.0. The van der Waals surface area contributed by atoms with Gasteiger partial charge < -0.3 is 20.3 Å². The highest BCUT2D eigenvalue weighted by Gasteiger charge is 2.29. The van der Waals surface area contributed by atoms with E-state index in [1.165, 1.54) is 17.0 Å². The van der Waals surface area contributed by atoms with E-state index in [-0.39, 0.29) is 43.0 Å². The molecule has 0 heterocycles. The van der Waals surface area contributed by atoms with Gasteiger partial charge >= 0.3 is 6.18 Å². The molecule has 0 atom stereocenters. The number of methoxy groups -OCH3 is 1. The smallest absolute Gasteiger partial charge is 0.383 e. The maximum atomic E-state index is 12.6. The maximum Gasteiger partial charge on any atom is 0.416 e. The molecule has 0 fully saturated rings. The number of hydrogen-bond acceptors (Lipinski definition) is 3. The Kier molecular flexibility index (Phi) is 11.2. The minimum atomic E-state index is -4.36. The molecule has 1 rings (SSSR count). The standard InChI is InChI=1S/C16H23F3N4O2.HI/c1-23(2)14(24)11-22-15(20-8-9-25-3)21-10-12-4-6-13(7-5-12)16(17,18)19;/h4-7H,8-11H2,1-3H3,(H2,20,21,22);1H. The molecule has 0 saturated carbocycles. The summed E-state index contributed by atoms with van der Waals surface area (Å²) in [6.45, 7) is 1.16. The number of hydrogen-bond donors (Lipinski definition) is 2. The molecule has 2 N–H and O–H groups in total. The molecular formula is C16H24F3IN4O2. The molecule has 0 aliphatic heterocycles. The van der Waals surface area contributed by atoms with Crippen LogP contribution in [0.1, 0.15) is 11.1 Å². The summed E-state index contributed by atoms with van der Waals surface area (Å²) >= 11 is 0. The van der Waals surface area contributed by atoms with Crippen molar-refractivity contribution in [3.8, 4) is 0 Å². The predicted octanol–water partition coefficient (Wildman–Crippen LogP) is 2.09. The van der Waals surface area contributed by atoms with Gasteiger partial charge in [0.05, 0.1) is 25.3 Å². The van der Waals surface area contributed by atoms with Crippen molar-refractivity contribution in [2.75, 3.05) is 40.9 Å². The second-order valence-electron chi connectivity index (χ2n) is 5.42. The molecule has 6 nitrogen and oxygen atoms in total. The molecule has 0 bridgehead atoms. The highest BCUT2D eigenvalue weighted by Crippen LogP contribution is 2.29. The molecule has 0 unspecified atom stereocenters. The summed E-state index contributed by atoms with van der Waals surface area (Å²) in [7, 11) is 4.84. The summed E-state index contributed by atoms with van der Waals surface area (Å²) in [5.41, 5.74) is -0.0758. The van der Waals surface area contributed by atoms with Crippen molar-refractivity contribution in [2.24, 2.45) is 4.99 Å². The lowest BCUT2D eigenvalue weighted by Gasteiger charge is -2.15. The fraction of sp³-hybridized carbons (Fsp3) is 0.500. The van der Waals surface area contributed by atoms with E-state index in [0.29, 0.717) is 24.7 Å². The van der Waals surface area contributed by atoms with Crippen LogP contribution in [0, 0.1) is 0 Å². The van der Waals surface area contributed by atoms with Gasteiger partial charge in [-0.2, -0.15) is 13.2 Å². The van der Waals surface area contributed by atoms with Crippen LogP contribution in [0.25, 0.3) is 0 Å². The summed E-state index contributed by atoms with van der Waals surface area (Å²) in [6, 6.07) is 4.80. The molecule has 148 valence electrons. The largest absolute Gasteiger partial charge is 0.416 e. The van der Waals surface area contributed by atoms with Crippen molar-refractivity contribution in [1.82, 2.24) is 15.5 Å². The molecule has 10 heteroatoms. The summed E-state index contributed by atoms with van der Waals surface area (Å²) in [6.07, 6.45) is -4.36. The van der Waals surface area contributed by atoms with Crippen molar-refractivity contribution in [1.29, 1.82) is 0 Å². The van der Waals surface area contributed by atoms with E-state index in [9.17, 15) is 18.0 Å². The van der Waals surface area contributed by atoms with Gasteiger partial charge in [-0.05, 0) is 17.7 Å². The van der Waals surface area contributed by atoms with E-state index < -0.39 is 11.7 Å². The lowest BCUT2D eigenvalue weighted by molar-refractivity contribution is -0.137. The van der Waals surface area contributed by atoms with Crippen LogP contribution in [-0.4, -0.2) is 57.7 Å². The average Bonchev–Trinajstić information content (AvgIpc) is 2.56. The number of aliphatic imine (C=N–C) groups is 1. The first-order valence-electron chi connectivity index (χ1n) is 7.61. The van der Waals surface area contributed by atoms with Gasteiger partial charge in [0.25, 0.3) is 0 Å². The van der Waals surface area contributed by atoms with Crippen LogP contribution >= 0.6 is 24.0 Å². The maximum absolute atomic E-state index is 12.6. The minimum Gasteiger partial charge on any atom is -0.383 e. The molecule has 1 aromatic carbocycles. The van der Waals surface area contributed by atoms with E-state index in [0.717, 1.165) is 12.1 Å². The molecule has 1 aromatic rings. The van der Waals surface area contributed by atoms with Crippen molar-refractivity contribution in [3.05, 3.63) is 35.4 Å². The monoisotopic (exact) mass is 488 g/mol. The Balaban J connectivity index is 0.00000625. The topological polar surface area (TPSA) is 66.0 Å². The van der Waals surface area contributed by atoms with Crippen LogP contribution in [0.15, 0.2) is 29.3 Å². The number of alkyl halides is 3. The number of halogens is 4. The van der Waals surface area contributed by atoms with E-state index in [1.54, 1.807) is 21.2 Å². The molecule has 26 heavy (non-hydrogen) atoms. The van der Waals surface area contributed by atoms with Gasteiger partial charge in [0, 0.05) is 27.7 Å². The van der Waals surface area contributed by atoms with Crippen LogP contribution in [-0.2, 0) is 22.3 Å². The third kappa shape index (κ3) is 9.22. The van der Waals surface area contributed by atoms with Gasteiger partial charge in [-0.25, -0.2) is 4.99 Å². The van der Waals surface area contributed by atoms with Gasteiger partial charge in [0.1, 0.15) is 0 Å². The average molecular weight is 488 g/mol. The van der Waals surface area contributed by atoms with E-state index in [2.05, 4.69) is 15.6 Å². The fourth-order valence-electron chi connectivity index (χ4n) is 1.73. The van der Waals surface area contributed by atoms with Crippen molar-refractivity contribution < 1.29 is 22.7 Å². The van der Waals surface area contributed by atoms with Crippen LogP contribution in [0.5, 0.6) is 0 Å². The van der Waals surface area contributed by atoms with Crippen LogP contribution in [0.2, 0.25) is 0 Å². The van der Waals surface area contributed by atoms with Crippen LogP contribution < -0.4 is 10.6 Å². The van der Waals surface area contributed by atoms with Gasteiger partial charge in [0.2, 0.25) is 5.91 Å². The first-order chi connectivity index (χ1) is 11.7. The lowest BCUT2D eigenvalue weighted by Crippen LogP contribution is -2.43. The zero-order valence-corrected chi connectivity index (χ0v) is 17.2. The second kappa shape index (κ2) is 11.9. The van der Waals surface area contributed by atoms with E-state index in [4.69, 9.17) is 4.74 Å². The quantitative estimate of drug-likeness (QED) is 0.267. The zero-order chi connectivity index (χ0) is 18.9. The number of rotatable bonds is 7. The fourth-order valence-corrected chi connectivity index (χ4v) is 1.73. The van der Waals surface area contributed by atoms with Crippen LogP contribution in [0.3, 0.4) is 0 Å². The number of guanidine groups is 1. The summed E-state index contributed by atoms with van der Waals surface area (Å²) in [5.74, 6) is 0.253. The first kappa shape index (κ1) is 24.4. The number of nitrogens with zero attached hydrogens (tertiary/aromatic N) is 2. The third-order valence-corrected chi connectivity index (χ3v) is 3.21. The van der Waals surface area contributed by atoms with Gasteiger partial charge in [-0.1, -0.05) is 12.1 Å². The highest BCUT2D eigenvalue weighted by atomic mass is 127. The number of ether oxygens (including phenoxy) is 1. The Morgan fingerprint density at radius 3 is 2.31 bits per heavy atom. The Morgan fingerprint density at radius 2 is 1.81 bits per heavy atom. The van der Waals surface area contributed by atoms with Crippen molar-refractivity contribution in [2.45, 2.75) is 12.7 Å². The number of carbonyl (C=O) groups excluding carboxylic acids is 1. The van der Waals surface area contributed by atoms with E-state index in [1.807, 2.05) is 0 Å². The molecule has 1 amide bonds. The Bertz CT molecular complexity index is 578. The number of carbonyl (C=O) groups is 1. The molecule has 0 aromatic heterocycles. The number of amides is 1. The number of likely N-dealkylation sites (N-methyl/N-ethyl adjacent to an activating group) is 1. The number of benzene rings is 1. The van der Waals surface area contributed by atoms with Crippen molar-refractivity contribution in [3.63, 3.8) is 0 Å². The molecular weight excluding hydrogens is 464 g/mol. The molecule has 0 saturated heterocycles. The molecule has 0 radical (unpaired) electrons. The van der Waals surface area contributed by atoms with Crippen molar-refractivity contribution >= 4 is 35.8 Å². The third-order valence-electron chi connectivity index (χ3n) is 3.21. The van der Waals surface area contributed by atoms with Gasteiger partial charge in [0.15, 0.2) is 5.96 Å². The number of nitrogens with one attached hydrogen (secondary N) is 2. The van der Waals surface area contributed by atoms with Gasteiger partial charge in [-0.15, -0.1) is 24.0 Å². The first-order valence-corrected chi connectivity index (χ1v) is 7.61. The summed E-state index contributed by atoms with van der Waals surface area (Å²) in [5, 5.41) is 5.86.